The van der Waals surface area contributed by atoms with Crippen LogP contribution >= 0.6 is 0 Å². The Morgan fingerprint density at radius 3 is 2.70 bits per heavy atom. The van der Waals surface area contributed by atoms with Crippen LogP contribution in [0.4, 0.5) is 11.8 Å². The van der Waals surface area contributed by atoms with Gasteiger partial charge in [-0.25, -0.2) is 13.4 Å². The van der Waals surface area contributed by atoms with Gasteiger partial charge >= 0.3 is 0 Å². The number of nitrogens with zero attached hydrogens (tertiary/aromatic N) is 3. The molecule has 6 nitrogen and oxygen atoms in total. The molecule has 7 heteroatoms. The molecule has 0 radical (unpaired) electrons. The number of rotatable bonds is 4. The summed E-state index contributed by atoms with van der Waals surface area (Å²) in [7, 11) is -3.30. The molecule has 0 amide bonds. The van der Waals surface area contributed by atoms with Crippen LogP contribution < -0.4 is 10.2 Å². The molecule has 0 fully saturated rings. The van der Waals surface area contributed by atoms with Crippen molar-refractivity contribution < 1.29 is 8.42 Å². The Labute approximate surface area is 159 Å². The topological polar surface area (TPSA) is 75.2 Å². The van der Waals surface area contributed by atoms with Gasteiger partial charge in [0.1, 0.15) is 5.82 Å². The van der Waals surface area contributed by atoms with Gasteiger partial charge in [0, 0.05) is 25.0 Å². The lowest BCUT2D eigenvalue weighted by atomic mass is 10.2. The summed E-state index contributed by atoms with van der Waals surface area (Å²) in [6, 6.07) is 15.1. The summed E-state index contributed by atoms with van der Waals surface area (Å²) < 4.78 is 25.2. The smallest absolute Gasteiger partial charge is 0.228 e. The molecule has 0 atom stereocenters. The van der Waals surface area contributed by atoms with E-state index in [9.17, 15) is 8.42 Å². The highest BCUT2D eigenvalue weighted by Gasteiger charge is 2.26. The van der Waals surface area contributed by atoms with Gasteiger partial charge in [-0.3, -0.25) is 0 Å². The number of sulfone groups is 1. The van der Waals surface area contributed by atoms with E-state index in [4.69, 9.17) is 9.97 Å². The van der Waals surface area contributed by atoms with Crippen molar-refractivity contribution >= 4 is 32.5 Å². The average molecular weight is 382 g/mol. The highest BCUT2D eigenvalue weighted by molar-refractivity contribution is 7.91. The lowest BCUT2D eigenvalue weighted by Gasteiger charge is -2.21. The average Bonchev–Trinajstić information content (AvgIpc) is 2.82. The second-order valence-corrected chi connectivity index (χ2v) is 8.74. The summed E-state index contributed by atoms with van der Waals surface area (Å²) in [4.78, 5) is 11.8. The van der Waals surface area contributed by atoms with Gasteiger partial charge in [-0.15, -0.1) is 0 Å². The van der Waals surface area contributed by atoms with E-state index in [1.54, 1.807) is 12.1 Å². The molecule has 1 aromatic heterocycles. The van der Waals surface area contributed by atoms with Gasteiger partial charge < -0.3 is 10.2 Å². The molecule has 1 aliphatic rings. The number of hydrogen-bond acceptors (Lipinski definition) is 6. The van der Waals surface area contributed by atoms with Gasteiger partial charge in [-0.2, -0.15) is 4.98 Å². The summed E-state index contributed by atoms with van der Waals surface area (Å²) in [6.07, 6.45) is 0.989. The molecular weight excluding hydrogens is 360 g/mol. The van der Waals surface area contributed by atoms with Gasteiger partial charge in [0.15, 0.2) is 9.84 Å². The molecule has 3 aromatic rings. The Bertz CT molecular complexity index is 1080. The van der Waals surface area contributed by atoms with Gasteiger partial charge in [0.25, 0.3) is 0 Å². The first-order valence-electron chi connectivity index (χ1n) is 9.15. The van der Waals surface area contributed by atoms with E-state index >= 15 is 0 Å². The monoisotopic (exact) mass is 382 g/mol. The molecule has 0 saturated heterocycles. The van der Waals surface area contributed by atoms with Crippen molar-refractivity contribution in [3.8, 4) is 0 Å². The maximum atomic E-state index is 12.6. The zero-order valence-corrected chi connectivity index (χ0v) is 16.0. The van der Waals surface area contributed by atoms with Crippen LogP contribution in [-0.2, 0) is 16.4 Å². The number of fused-ring (bicyclic) bond motifs is 2. The van der Waals surface area contributed by atoms with Crippen LogP contribution in [0.15, 0.2) is 53.4 Å². The molecule has 0 spiro atoms. The van der Waals surface area contributed by atoms with Crippen LogP contribution in [0.1, 0.15) is 18.9 Å². The quantitative estimate of drug-likeness (QED) is 0.747. The fourth-order valence-electron chi connectivity index (χ4n) is 3.32. The van der Waals surface area contributed by atoms with Crippen LogP contribution in [0.2, 0.25) is 0 Å². The first-order valence-corrected chi connectivity index (χ1v) is 10.8. The molecule has 1 N–H and O–H groups in total. The Morgan fingerprint density at radius 1 is 1.07 bits per heavy atom. The van der Waals surface area contributed by atoms with Gasteiger partial charge in [-0.05, 0) is 30.2 Å². The molecule has 0 bridgehead atoms. The van der Waals surface area contributed by atoms with Crippen LogP contribution in [-0.4, -0.2) is 37.2 Å². The Kier molecular flexibility index (Phi) is 4.70. The highest BCUT2D eigenvalue weighted by Crippen LogP contribution is 2.28. The van der Waals surface area contributed by atoms with E-state index in [-0.39, 0.29) is 5.75 Å². The fourth-order valence-corrected chi connectivity index (χ4v) is 4.82. The van der Waals surface area contributed by atoms with Crippen LogP contribution in [0, 0.1) is 0 Å². The van der Waals surface area contributed by atoms with Gasteiger partial charge in [-0.1, -0.05) is 37.3 Å². The van der Waals surface area contributed by atoms with E-state index in [0.717, 1.165) is 35.2 Å². The molecular formula is C20H22N4O2S. The second kappa shape index (κ2) is 7.15. The number of para-hydroxylation sites is 1. The third-order valence-corrected chi connectivity index (χ3v) is 6.50. The lowest BCUT2D eigenvalue weighted by Crippen LogP contribution is -2.27. The molecule has 27 heavy (non-hydrogen) atoms. The van der Waals surface area contributed by atoms with Crippen LogP contribution in [0.3, 0.4) is 0 Å². The third kappa shape index (κ3) is 3.47. The zero-order chi connectivity index (χ0) is 18.9. The zero-order valence-electron chi connectivity index (χ0n) is 15.2. The molecule has 0 saturated carbocycles. The standard InChI is InChI=1S/C20H22N4O2S/c1-2-11-21-19-16-8-4-5-9-17(16)22-20(23-19)24-12-13-27(25,26)18-10-6-3-7-15(18)14-24/h3-10H,2,11-14H2,1H3,(H,21,22,23). The van der Waals surface area contributed by atoms with Gasteiger partial charge in [0.05, 0.1) is 16.2 Å². The van der Waals surface area contributed by atoms with Crippen LogP contribution in [0.5, 0.6) is 0 Å². The second-order valence-electron chi connectivity index (χ2n) is 6.66. The maximum Gasteiger partial charge on any atom is 0.228 e. The lowest BCUT2D eigenvalue weighted by molar-refractivity contribution is 0.596. The van der Waals surface area contributed by atoms with Crippen molar-refractivity contribution in [2.45, 2.75) is 24.8 Å². The third-order valence-electron chi connectivity index (χ3n) is 4.72. The molecule has 2 heterocycles. The minimum absolute atomic E-state index is 0.0535. The van der Waals surface area contributed by atoms with E-state index < -0.39 is 9.84 Å². The minimum Gasteiger partial charge on any atom is -0.369 e. The van der Waals surface area contributed by atoms with Gasteiger partial charge in [0.2, 0.25) is 5.95 Å². The summed E-state index contributed by atoms with van der Waals surface area (Å²) in [5, 5.41) is 4.34. The van der Waals surface area contributed by atoms with Crippen molar-refractivity contribution in [1.29, 1.82) is 0 Å². The SMILES string of the molecule is CCCNc1nc(N2CCS(=O)(=O)c3ccccc3C2)nc2ccccc12. The normalized spacial score (nSPS) is 16.0. The molecule has 1 aliphatic heterocycles. The van der Waals surface area contributed by atoms with Crippen molar-refractivity contribution in [1.82, 2.24) is 9.97 Å². The summed E-state index contributed by atoms with van der Waals surface area (Å²) in [6.45, 7) is 3.76. The minimum atomic E-state index is -3.30. The number of aromatic nitrogens is 2. The van der Waals surface area contributed by atoms with Crippen molar-refractivity contribution in [2.24, 2.45) is 0 Å². The number of nitrogens with one attached hydrogen (secondary N) is 1. The van der Waals surface area contributed by atoms with E-state index in [0.29, 0.717) is 23.9 Å². The molecule has 4 rings (SSSR count). The molecule has 140 valence electrons. The number of hydrogen-bond donors (Lipinski definition) is 1. The van der Waals surface area contributed by atoms with Crippen molar-refractivity contribution in [3.05, 3.63) is 54.1 Å². The number of anilines is 2. The van der Waals surface area contributed by atoms with Crippen LogP contribution in [0.25, 0.3) is 10.9 Å². The van der Waals surface area contributed by atoms with Crippen molar-refractivity contribution in [3.63, 3.8) is 0 Å². The largest absolute Gasteiger partial charge is 0.369 e. The number of benzene rings is 2. The molecule has 0 unspecified atom stereocenters. The predicted octanol–water partition coefficient (Wildman–Crippen LogP) is 3.25. The maximum absolute atomic E-state index is 12.6. The Balaban J connectivity index is 1.78. The van der Waals surface area contributed by atoms with E-state index in [2.05, 4.69) is 12.2 Å². The molecule has 0 aliphatic carbocycles. The van der Waals surface area contributed by atoms with E-state index in [1.807, 2.05) is 41.3 Å². The summed E-state index contributed by atoms with van der Waals surface area (Å²) in [5.41, 5.74) is 1.64. The van der Waals surface area contributed by atoms with Crippen molar-refractivity contribution in [2.75, 3.05) is 29.1 Å². The fraction of sp³-hybridized carbons (Fsp3) is 0.300. The van der Waals surface area contributed by atoms with E-state index in [1.165, 1.54) is 0 Å². The predicted molar refractivity (Wildman–Crippen MR) is 108 cm³/mol. The Hall–Kier alpha value is -2.67. The first kappa shape index (κ1) is 17.7. The highest BCUT2D eigenvalue weighted by atomic mass is 32.2. The summed E-state index contributed by atoms with van der Waals surface area (Å²) >= 11 is 0. The summed E-state index contributed by atoms with van der Waals surface area (Å²) in [5.74, 6) is 1.40. The molecule has 2 aromatic carbocycles. The first-order chi connectivity index (χ1) is 13.1. The Morgan fingerprint density at radius 2 is 1.85 bits per heavy atom.